The summed E-state index contributed by atoms with van der Waals surface area (Å²) in [5.74, 6) is 0.978. The lowest BCUT2D eigenvalue weighted by Gasteiger charge is -2.08. The van der Waals surface area contributed by atoms with E-state index >= 15 is 0 Å². The van der Waals surface area contributed by atoms with E-state index in [1.807, 2.05) is 25.2 Å². The second-order valence-corrected chi connectivity index (χ2v) is 4.44. The van der Waals surface area contributed by atoms with Crippen molar-refractivity contribution < 1.29 is 9.53 Å². The average Bonchev–Trinajstić information content (AvgIpc) is 2.27. The summed E-state index contributed by atoms with van der Waals surface area (Å²) < 4.78 is 6.18. The lowest BCUT2D eigenvalue weighted by molar-refractivity contribution is -0.118. The van der Waals surface area contributed by atoms with Gasteiger partial charge in [0.05, 0.1) is 7.11 Å². The van der Waals surface area contributed by atoms with Crippen molar-refractivity contribution in [1.29, 1.82) is 0 Å². The molecule has 1 aromatic rings. The molecule has 0 aromatic heterocycles. The Hall–Kier alpha value is -0.870. The summed E-state index contributed by atoms with van der Waals surface area (Å²) >= 11 is 3.39. The van der Waals surface area contributed by atoms with E-state index in [1.165, 1.54) is 0 Å². The highest BCUT2D eigenvalue weighted by atomic mass is 79.9. The molecule has 0 unspecified atom stereocenters. The van der Waals surface area contributed by atoms with E-state index in [1.54, 1.807) is 7.11 Å². The second-order valence-electron chi connectivity index (χ2n) is 3.53. The number of benzene rings is 1. The van der Waals surface area contributed by atoms with E-state index < -0.39 is 0 Å². The minimum atomic E-state index is 0.214. The molecule has 0 aliphatic heterocycles. The molecular formula is C12H16BrNO2. The van der Waals surface area contributed by atoms with Gasteiger partial charge in [0.1, 0.15) is 11.5 Å². The maximum atomic E-state index is 11.6. The number of carbonyl (C=O) groups is 1. The molecule has 0 amide bonds. The van der Waals surface area contributed by atoms with Gasteiger partial charge < -0.3 is 10.1 Å². The van der Waals surface area contributed by atoms with E-state index in [4.69, 9.17) is 4.74 Å². The molecule has 0 fully saturated rings. The van der Waals surface area contributed by atoms with E-state index in [0.717, 1.165) is 22.3 Å². The first kappa shape index (κ1) is 13.2. The predicted octanol–water partition coefficient (Wildman–Crippen LogP) is 2.18. The molecule has 1 N–H and O–H groups in total. The van der Waals surface area contributed by atoms with Gasteiger partial charge in [-0.25, -0.2) is 0 Å². The van der Waals surface area contributed by atoms with Crippen molar-refractivity contribution in [2.75, 3.05) is 20.7 Å². The van der Waals surface area contributed by atoms with Crippen LogP contribution in [0, 0.1) is 0 Å². The van der Waals surface area contributed by atoms with Gasteiger partial charge in [-0.2, -0.15) is 0 Å². The van der Waals surface area contributed by atoms with Crippen molar-refractivity contribution in [1.82, 2.24) is 5.32 Å². The van der Waals surface area contributed by atoms with Crippen LogP contribution in [0.25, 0.3) is 0 Å². The van der Waals surface area contributed by atoms with Crippen molar-refractivity contribution in [2.45, 2.75) is 12.8 Å². The molecule has 0 aliphatic rings. The minimum absolute atomic E-state index is 0.214. The van der Waals surface area contributed by atoms with Gasteiger partial charge in [0.25, 0.3) is 0 Å². The van der Waals surface area contributed by atoms with Crippen molar-refractivity contribution in [3.05, 3.63) is 28.2 Å². The average molecular weight is 286 g/mol. The molecule has 0 atom stereocenters. The zero-order valence-electron chi connectivity index (χ0n) is 9.55. The number of hydrogen-bond acceptors (Lipinski definition) is 3. The molecule has 0 saturated carbocycles. The fourth-order valence-electron chi connectivity index (χ4n) is 1.45. The third-order valence-electron chi connectivity index (χ3n) is 2.28. The number of carbonyl (C=O) groups excluding carboxylic acids is 1. The summed E-state index contributed by atoms with van der Waals surface area (Å²) in [7, 11) is 3.46. The first-order chi connectivity index (χ1) is 7.67. The summed E-state index contributed by atoms with van der Waals surface area (Å²) in [6.07, 6.45) is 0.969. The molecule has 1 aromatic carbocycles. The normalized spacial score (nSPS) is 10.2. The van der Waals surface area contributed by atoms with E-state index in [9.17, 15) is 4.79 Å². The largest absolute Gasteiger partial charge is 0.496 e. The van der Waals surface area contributed by atoms with Crippen molar-refractivity contribution in [3.8, 4) is 5.75 Å². The lowest BCUT2D eigenvalue weighted by atomic mass is 10.1. The highest BCUT2D eigenvalue weighted by Gasteiger charge is 2.08. The second kappa shape index (κ2) is 6.66. The molecule has 0 saturated heterocycles. The number of ketones is 1. The summed E-state index contributed by atoms with van der Waals surface area (Å²) in [6, 6.07) is 5.70. The number of Topliss-reactive ketones (excluding diaryl/α,β-unsaturated/α-hetero) is 1. The number of rotatable bonds is 6. The molecular weight excluding hydrogens is 270 g/mol. The molecule has 0 spiro atoms. The van der Waals surface area contributed by atoms with Crippen LogP contribution in [-0.4, -0.2) is 26.5 Å². The van der Waals surface area contributed by atoms with Crippen LogP contribution < -0.4 is 10.1 Å². The Morgan fingerprint density at radius 3 is 2.88 bits per heavy atom. The molecule has 4 heteroatoms. The first-order valence-electron chi connectivity index (χ1n) is 5.16. The van der Waals surface area contributed by atoms with Crippen LogP contribution in [0.3, 0.4) is 0 Å². The highest BCUT2D eigenvalue weighted by Crippen LogP contribution is 2.23. The molecule has 0 radical (unpaired) electrons. The summed E-state index contributed by atoms with van der Waals surface area (Å²) in [5.41, 5.74) is 0.929. The van der Waals surface area contributed by atoms with Crippen LogP contribution >= 0.6 is 15.9 Å². The van der Waals surface area contributed by atoms with Gasteiger partial charge in [0.2, 0.25) is 0 Å². The van der Waals surface area contributed by atoms with Gasteiger partial charge in [-0.15, -0.1) is 0 Å². The van der Waals surface area contributed by atoms with Crippen LogP contribution in [-0.2, 0) is 11.2 Å². The lowest BCUT2D eigenvalue weighted by Crippen LogP contribution is -2.14. The van der Waals surface area contributed by atoms with E-state index in [2.05, 4.69) is 21.2 Å². The van der Waals surface area contributed by atoms with Crippen LogP contribution in [0.5, 0.6) is 5.75 Å². The van der Waals surface area contributed by atoms with Crippen molar-refractivity contribution in [3.63, 3.8) is 0 Å². The third kappa shape index (κ3) is 3.94. The molecule has 0 bridgehead atoms. The number of ether oxygens (including phenoxy) is 1. The third-order valence-corrected chi connectivity index (χ3v) is 2.78. The predicted molar refractivity (Wildman–Crippen MR) is 67.9 cm³/mol. The van der Waals surface area contributed by atoms with Gasteiger partial charge in [-0.05, 0) is 25.2 Å². The molecule has 0 heterocycles. The van der Waals surface area contributed by atoms with Gasteiger partial charge in [-0.3, -0.25) is 4.79 Å². The van der Waals surface area contributed by atoms with Crippen molar-refractivity contribution in [2.24, 2.45) is 0 Å². The Morgan fingerprint density at radius 1 is 1.50 bits per heavy atom. The van der Waals surface area contributed by atoms with Gasteiger partial charge in [0, 0.05) is 29.4 Å². The molecule has 0 aliphatic carbocycles. The Labute approximate surface area is 104 Å². The summed E-state index contributed by atoms with van der Waals surface area (Å²) in [4.78, 5) is 11.6. The minimum Gasteiger partial charge on any atom is -0.496 e. The van der Waals surface area contributed by atoms with Gasteiger partial charge in [0.15, 0.2) is 0 Å². The first-order valence-corrected chi connectivity index (χ1v) is 5.95. The maximum Gasteiger partial charge on any atom is 0.138 e. The maximum absolute atomic E-state index is 11.6. The highest BCUT2D eigenvalue weighted by molar-refractivity contribution is 9.10. The summed E-state index contributed by atoms with van der Waals surface area (Å²) in [6.45, 7) is 0.717. The zero-order chi connectivity index (χ0) is 12.0. The van der Waals surface area contributed by atoms with Crippen LogP contribution in [0.15, 0.2) is 22.7 Å². The van der Waals surface area contributed by atoms with Crippen LogP contribution in [0.1, 0.15) is 12.0 Å². The Kier molecular flexibility index (Phi) is 5.49. The zero-order valence-corrected chi connectivity index (χ0v) is 11.1. The molecule has 16 heavy (non-hydrogen) atoms. The van der Waals surface area contributed by atoms with E-state index in [0.29, 0.717) is 12.8 Å². The van der Waals surface area contributed by atoms with Crippen LogP contribution in [0.2, 0.25) is 0 Å². The topological polar surface area (TPSA) is 38.3 Å². The standard InChI is InChI=1S/C12H16BrNO2/c1-14-6-5-11(15)8-9-7-10(13)3-4-12(9)16-2/h3-4,7,14H,5-6,8H2,1-2H3. The number of methoxy groups -OCH3 is 1. The quantitative estimate of drug-likeness (QED) is 0.871. The fraction of sp³-hybridized carbons (Fsp3) is 0.417. The van der Waals surface area contributed by atoms with Crippen LogP contribution in [0.4, 0.5) is 0 Å². The SMILES string of the molecule is CNCCC(=O)Cc1cc(Br)ccc1OC. The smallest absolute Gasteiger partial charge is 0.138 e. The number of halogens is 1. The molecule has 1 rings (SSSR count). The Balaban J connectivity index is 2.71. The Morgan fingerprint density at radius 2 is 2.25 bits per heavy atom. The fourth-order valence-corrected chi connectivity index (χ4v) is 1.86. The van der Waals surface area contributed by atoms with Crippen molar-refractivity contribution >= 4 is 21.7 Å². The monoisotopic (exact) mass is 285 g/mol. The van der Waals surface area contributed by atoms with Gasteiger partial charge in [-0.1, -0.05) is 15.9 Å². The molecule has 88 valence electrons. The number of hydrogen-bond donors (Lipinski definition) is 1. The van der Waals surface area contributed by atoms with Gasteiger partial charge >= 0.3 is 0 Å². The summed E-state index contributed by atoms with van der Waals surface area (Å²) in [5, 5.41) is 2.96. The molecule has 3 nitrogen and oxygen atoms in total. The Bertz CT molecular complexity index is 366. The number of nitrogens with one attached hydrogen (secondary N) is 1. The van der Waals surface area contributed by atoms with E-state index in [-0.39, 0.29) is 5.78 Å².